The summed E-state index contributed by atoms with van der Waals surface area (Å²) in [4.78, 5) is 0. The van der Waals surface area contributed by atoms with Gasteiger partial charge in [0.15, 0.2) is 0 Å². The predicted octanol–water partition coefficient (Wildman–Crippen LogP) is 3.78. The van der Waals surface area contributed by atoms with Gasteiger partial charge in [-0.25, -0.2) is 0 Å². The van der Waals surface area contributed by atoms with Crippen molar-refractivity contribution < 1.29 is 0 Å². The highest BCUT2D eigenvalue weighted by Crippen LogP contribution is 2.21. The average molecular weight is 164 g/mol. The molecule has 0 unspecified atom stereocenters. The van der Waals surface area contributed by atoms with Gasteiger partial charge < -0.3 is 0 Å². The van der Waals surface area contributed by atoms with E-state index in [1.807, 2.05) is 0 Å². The predicted molar refractivity (Wildman–Crippen MR) is 55.9 cm³/mol. The van der Waals surface area contributed by atoms with E-state index in [2.05, 4.69) is 51.7 Å². The first-order valence-corrected chi connectivity index (χ1v) is 4.73. The highest BCUT2D eigenvalue weighted by Gasteiger charge is 2.11. The van der Waals surface area contributed by atoms with Gasteiger partial charge in [-0.3, -0.25) is 0 Å². The Morgan fingerprint density at radius 2 is 2.00 bits per heavy atom. The number of allylic oxidation sites excluding steroid dienone is 2. The smallest absolute Gasteiger partial charge is 0.0261 e. The van der Waals surface area contributed by atoms with Gasteiger partial charge in [0.2, 0.25) is 0 Å². The quantitative estimate of drug-likeness (QED) is 0.440. The van der Waals surface area contributed by atoms with Crippen LogP contribution in [0.15, 0.2) is 12.2 Å². The van der Waals surface area contributed by atoms with Crippen LogP contribution in [0.25, 0.3) is 0 Å². The first-order valence-electron chi connectivity index (χ1n) is 4.73. The molecule has 0 saturated heterocycles. The molecule has 0 radical (unpaired) electrons. The fourth-order valence-corrected chi connectivity index (χ4v) is 1.00. The van der Waals surface area contributed by atoms with Gasteiger partial charge in [-0.2, -0.15) is 0 Å². The summed E-state index contributed by atoms with van der Waals surface area (Å²) in [5.41, 5.74) is 0.190. The summed E-state index contributed by atoms with van der Waals surface area (Å²) in [6.45, 7) is 8.57. The summed E-state index contributed by atoms with van der Waals surface area (Å²) < 4.78 is 0. The zero-order valence-corrected chi connectivity index (χ0v) is 8.78. The van der Waals surface area contributed by atoms with Crippen LogP contribution in [-0.4, -0.2) is 0 Å². The summed E-state index contributed by atoms with van der Waals surface area (Å²) in [6.07, 6.45) is 7.57. The molecule has 0 spiro atoms. The van der Waals surface area contributed by atoms with Gasteiger partial charge in [0, 0.05) is 11.8 Å². The van der Waals surface area contributed by atoms with E-state index < -0.39 is 0 Å². The van der Waals surface area contributed by atoms with E-state index in [9.17, 15) is 0 Å². The molecule has 0 aromatic heterocycles. The van der Waals surface area contributed by atoms with E-state index in [0.29, 0.717) is 0 Å². The summed E-state index contributed by atoms with van der Waals surface area (Å²) >= 11 is 0. The normalized spacial score (nSPS) is 11.3. The molecule has 68 valence electrons. The van der Waals surface area contributed by atoms with Crippen molar-refractivity contribution in [3.63, 3.8) is 0 Å². The van der Waals surface area contributed by atoms with Crippen molar-refractivity contribution in [1.82, 2.24) is 0 Å². The topological polar surface area (TPSA) is 0 Å². The summed E-state index contributed by atoms with van der Waals surface area (Å²) in [5.74, 6) is 6.43. The molecular weight excluding hydrogens is 144 g/mol. The first-order chi connectivity index (χ1) is 5.62. The number of hydrogen-bond acceptors (Lipinski definition) is 0. The number of hydrogen-bond donors (Lipinski definition) is 0. The molecule has 0 aromatic carbocycles. The lowest BCUT2D eigenvalue weighted by Gasteiger charge is -2.15. The van der Waals surface area contributed by atoms with Crippen LogP contribution < -0.4 is 0 Å². The molecule has 0 fully saturated rings. The van der Waals surface area contributed by atoms with Crippen LogP contribution in [0, 0.1) is 17.3 Å². The molecule has 12 heavy (non-hydrogen) atoms. The van der Waals surface area contributed by atoms with Crippen LogP contribution in [0.2, 0.25) is 0 Å². The van der Waals surface area contributed by atoms with Crippen LogP contribution in [0.3, 0.4) is 0 Å². The van der Waals surface area contributed by atoms with Crippen molar-refractivity contribution in [3.8, 4) is 11.8 Å². The molecule has 0 saturated carbocycles. The second kappa shape index (κ2) is 5.89. The monoisotopic (exact) mass is 164 g/mol. The Morgan fingerprint density at radius 3 is 2.50 bits per heavy atom. The third-order valence-corrected chi connectivity index (χ3v) is 1.78. The van der Waals surface area contributed by atoms with Gasteiger partial charge in [0.25, 0.3) is 0 Å². The van der Waals surface area contributed by atoms with Crippen molar-refractivity contribution in [2.45, 2.75) is 47.0 Å². The van der Waals surface area contributed by atoms with Gasteiger partial charge in [-0.05, 0) is 33.6 Å². The minimum atomic E-state index is 0.190. The fraction of sp³-hybridized carbons (Fsp3) is 0.667. The Hall–Kier alpha value is -0.700. The molecule has 0 heteroatoms. The van der Waals surface area contributed by atoms with Crippen molar-refractivity contribution in [2.24, 2.45) is 5.41 Å². The van der Waals surface area contributed by atoms with Crippen molar-refractivity contribution in [2.75, 3.05) is 0 Å². The van der Waals surface area contributed by atoms with E-state index >= 15 is 0 Å². The van der Waals surface area contributed by atoms with Gasteiger partial charge >= 0.3 is 0 Å². The van der Waals surface area contributed by atoms with Crippen molar-refractivity contribution in [1.29, 1.82) is 0 Å². The summed E-state index contributed by atoms with van der Waals surface area (Å²) in [7, 11) is 0. The maximum absolute atomic E-state index is 3.28. The zero-order chi connectivity index (χ0) is 9.45. The average Bonchev–Trinajstić information content (AvgIpc) is 2.01. The summed E-state index contributed by atoms with van der Waals surface area (Å²) in [5, 5.41) is 0. The second-order valence-corrected chi connectivity index (χ2v) is 3.65. The van der Waals surface area contributed by atoms with E-state index in [4.69, 9.17) is 0 Å². The van der Waals surface area contributed by atoms with E-state index in [1.165, 1.54) is 0 Å². The van der Waals surface area contributed by atoms with E-state index in [-0.39, 0.29) is 5.41 Å². The largest absolute Gasteiger partial charge is 0.103 e. The molecule has 0 rings (SSSR count). The molecule has 0 atom stereocenters. The molecule has 0 amide bonds. The lowest BCUT2D eigenvalue weighted by atomic mass is 9.88. The van der Waals surface area contributed by atoms with Crippen molar-refractivity contribution in [3.05, 3.63) is 12.2 Å². The highest BCUT2D eigenvalue weighted by molar-refractivity contribution is 5.08. The third-order valence-electron chi connectivity index (χ3n) is 1.78. The van der Waals surface area contributed by atoms with E-state index in [0.717, 1.165) is 19.3 Å². The SMILES string of the molecule is CC=CCCC(C)(C)C#CCC. The Labute approximate surface area is 77.1 Å². The minimum Gasteiger partial charge on any atom is -0.103 e. The number of rotatable bonds is 3. The molecule has 0 nitrogen and oxygen atoms in total. The fourth-order valence-electron chi connectivity index (χ4n) is 1.00. The Kier molecular flexibility index (Phi) is 5.54. The molecular formula is C12H20. The Morgan fingerprint density at radius 1 is 1.33 bits per heavy atom. The highest BCUT2D eigenvalue weighted by atomic mass is 14.1. The molecule has 0 N–H and O–H groups in total. The van der Waals surface area contributed by atoms with Gasteiger partial charge in [-0.1, -0.05) is 25.0 Å². The Balaban J connectivity index is 3.86. The standard InChI is InChI=1S/C12H20/c1-5-7-9-11-12(3,4)10-8-6-2/h5,7H,6,9,11H2,1-4H3. The summed E-state index contributed by atoms with van der Waals surface area (Å²) in [6, 6.07) is 0. The maximum atomic E-state index is 3.28. The van der Waals surface area contributed by atoms with Gasteiger partial charge in [-0.15, -0.1) is 5.92 Å². The maximum Gasteiger partial charge on any atom is 0.0261 e. The molecule has 0 aromatic rings. The van der Waals surface area contributed by atoms with Crippen LogP contribution in [0.4, 0.5) is 0 Å². The minimum absolute atomic E-state index is 0.190. The molecule has 0 heterocycles. The molecule has 0 aliphatic heterocycles. The van der Waals surface area contributed by atoms with Crippen LogP contribution in [0.1, 0.15) is 47.0 Å². The third kappa shape index (κ3) is 6.04. The van der Waals surface area contributed by atoms with E-state index in [1.54, 1.807) is 0 Å². The van der Waals surface area contributed by atoms with Crippen LogP contribution in [-0.2, 0) is 0 Å². The molecule has 0 aliphatic rings. The Bertz CT molecular complexity index is 186. The zero-order valence-electron chi connectivity index (χ0n) is 8.78. The lowest BCUT2D eigenvalue weighted by Crippen LogP contribution is -2.06. The first kappa shape index (κ1) is 11.3. The van der Waals surface area contributed by atoms with Gasteiger partial charge in [0.1, 0.15) is 0 Å². The van der Waals surface area contributed by atoms with Gasteiger partial charge in [0.05, 0.1) is 0 Å². The van der Waals surface area contributed by atoms with Crippen molar-refractivity contribution >= 4 is 0 Å². The second-order valence-electron chi connectivity index (χ2n) is 3.65. The lowest BCUT2D eigenvalue weighted by molar-refractivity contribution is 0.463. The van der Waals surface area contributed by atoms with Crippen LogP contribution in [0.5, 0.6) is 0 Å². The molecule has 0 bridgehead atoms. The van der Waals surface area contributed by atoms with Crippen LogP contribution >= 0.6 is 0 Å². The molecule has 0 aliphatic carbocycles.